The first-order valence-corrected chi connectivity index (χ1v) is 9.44. The number of hydrogen-bond donors (Lipinski definition) is 1. The first-order chi connectivity index (χ1) is 13.2. The van der Waals surface area contributed by atoms with Gasteiger partial charge in [0.05, 0.1) is 18.2 Å². The first-order valence-electron chi connectivity index (χ1n) is 9.44. The highest BCUT2D eigenvalue weighted by molar-refractivity contribution is 5.91. The summed E-state index contributed by atoms with van der Waals surface area (Å²) in [4.78, 5) is 24.3. The van der Waals surface area contributed by atoms with Crippen LogP contribution in [0.4, 0.5) is 0 Å². The van der Waals surface area contributed by atoms with Crippen LogP contribution in [0.5, 0.6) is 5.75 Å². The number of fused-ring (bicyclic) bond motifs is 1. The number of esters is 1. The number of rotatable bonds is 7. The van der Waals surface area contributed by atoms with Crippen molar-refractivity contribution in [2.75, 3.05) is 13.2 Å². The second-order valence-corrected chi connectivity index (χ2v) is 6.66. The minimum absolute atomic E-state index is 0.0175. The van der Waals surface area contributed by atoms with Gasteiger partial charge in [-0.2, -0.15) is 0 Å². The average molecular weight is 367 g/mol. The molecule has 142 valence electrons. The maximum Gasteiger partial charge on any atom is 0.338 e. The number of carbonyl (C=O) groups is 2. The number of hydrogen-bond acceptors (Lipinski definition) is 4. The van der Waals surface area contributed by atoms with E-state index in [-0.39, 0.29) is 18.6 Å². The van der Waals surface area contributed by atoms with Crippen molar-refractivity contribution < 1.29 is 19.1 Å². The van der Waals surface area contributed by atoms with Gasteiger partial charge < -0.3 is 14.8 Å². The van der Waals surface area contributed by atoms with Gasteiger partial charge in [0.25, 0.3) is 5.91 Å². The summed E-state index contributed by atoms with van der Waals surface area (Å²) in [7, 11) is 0. The van der Waals surface area contributed by atoms with Crippen molar-refractivity contribution in [2.45, 2.75) is 38.6 Å². The molecule has 0 aromatic heterocycles. The van der Waals surface area contributed by atoms with E-state index in [1.54, 1.807) is 24.3 Å². The minimum Gasteiger partial charge on any atom is -0.494 e. The lowest BCUT2D eigenvalue weighted by atomic mass is 9.88. The third-order valence-electron chi connectivity index (χ3n) is 4.60. The van der Waals surface area contributed by atoms with Crippen LogP contribution >= 0.6 is 0 Å². The number of amides is 1. The summed E-state index contributed by atoms with van der Waals surface area (Å²) in [6.45, 7) is 2.38. The smallest absolute Gasteiger partial charge is 0.338 e. The Morgan fingerprint density at radius 3 is 2.67 bits per heavy atom. The normalized spacial score (nSPS) is 15.5. The van der Waals surface area contributed by atoms with Crippen LogP contribution in [0.1, 0.15) is 53.7 Å². The van der Waals surface area contributed by atoms with Gasteiger partial charge in [-0.15, -0.1) is 0 Å². The molecule has 0 saturated carbocycles. The molecule has 5 heteroatoms. The molecule has 27 heavy (non-hydrogen) atoms. The second kappa shape index (κ2) is 9.21. The van der Waals surface area contributed by atoms with Crippen molar-refractivity contribution in [3.8, 4) is 5.75 Å². The summed E-state index contributed by atoms with van der Waals surface area (Å²) in [5.41, 5.74) is 2.83. The molecule has 1 N–H and O–H groups in total. The first kappa shape index (κ1) is 19.0. The van der Waals surface area contributed by atoms with Crippen LogP contribution in [-0.4, -0.2) is 25.1 Å². The van der Waals surface area contributed by atoms with Crippen molar-refractivity contribution in [3.63, 3.8) is 0 Å². The quantitative estimate of drug-likeness (QED) is 0.756. The Balaban J connectivity index is 1.50. The van der Waals surface area contributed by atoms with Crippen LogP contribution in [0.25, 0.3) is 0 Å². The molecule has 0 spiro atoms. The number of ether oxygens (including phenoxy) is 2. The van der Waals surface area contributed by atoms with Gasteiger partial charge in [-0.25, -0.2) is 4.79 Å². The summed E-state index contributed by atoms with van der Waals surface area (Å²) >= 11 is 0. The molecule has 3 rings (SSSR count). The molecule has 0 aliphatic heterocycles. The highest BCUT2D eigenvalue weighted by atomic mass is 16.5. The summed E-state index contributed by atoms with van der Waals surface area (Å²) in [6, 6.07) is 14.9. The van der Waals surface area contributed by atoms with Gasteiger partial charge in [-0.1, -0.05) is 31.2 Å². The van der Waals surface area contributed by atoms with Crippen molar-refractivity contribution >= 4 is 11.9 Å². The van der Waals surface area contributed by atoms with Crippen LogP contribution in [0, 0.1) is 0 Å². The largest absolute Gasteiger partial charge is 0.494 e. The van der Waals surface area contributed by atoms with E-state index in [1.807, 2.05) is 25.1 Å². The summed E-state index contributed by atoms with van der Waals surface area (Å²) < 4.78 is 10.6. The Morgan fingerprint density at radius 2 is 1.89 bits per heavy atom. The van der Waals surface area contributed by atoms with E-state index in [1.165, 1.54) is 5.56 Å². The molecule has 2 aromatic rings. The van der Waals surface area contributed by atoms with Gasteiger partial charge >= 0.3 is 5.97 Å². The molecule has 1 atom stereocenters. The molecular weight excluding hydrogens is 342 g/mol. The van der Waals surface area contributed by atoms with E-state index in [0.717, 1.165) is 31.2 Å². The molecule has 0 saturated heterocycles. The SMILES string of the molecule is CCCOc1ccc(C(=O)OCC(=O)N[C@H]2CCCc3ccccc32)cc1. The van der Waals surface area contributed by atoms with Crippen LogP contribution in [0.15, 0.2) is 48.5 Å². The molecule has 1 aliphatic rings. The van der Waals surface area contributed by atoms with Gasteiger partial charge in [0.1, 0.15) is 5.75 Å². The lowest BCUT2D eigenvalue weighted by Crippen LogP contribution is -2.34. The summed E-state index contributed by atoms with van der Waals surface area (Å²) in [6.07, 6.45) is 3.89. The number of benzene rings is 2. The molecule has 0 radical (unpaired) electrons. The second-order valence-electron chi connectivity index (χ2n) is 6.66. The van der Waals surface area contributed by atoms with Crippen LogP contribution in [0.2, 0.25) is 0 Å². The summed E-state index contributed by atoms with van der Waals surface area (Å²) in [5.74, 6) is -0.0914. The average Bonchev–Trinajstić information content (AvgIpc) is 2.71. The van der Waals surface area contributed by atoms with Crippen LogP contribution in [-0.2, 0) is 16.0 Å². The highest BCUT2D eigenvalue weighted by Crippen LogP contribution is 2.29. The van der Waals surface area contributed by atoms with E-state index >= 15 is 0 Å². The Morgan fingerprint density at radius 1 is 1.11 bits per heavy atom. The van der Waals surface area contributed by atoms with E-state index in [9.17, 15) is 9.59 Å². The lowest BCUT2D eigenvalue weighted by Gasteiger charge is -2.26. The molecule has 0 heterocycles. The Hall–Kier alpha value is -2.82. The molecule has 1 aliphatic carbocycles. The van der Waals surface area contributed by atoms with Crippen molar-refractivity contribution in [1.29, 1.82) is 0 Å². The van der Waals surface area contributed by atoms with Crippen molar-refractivity contribution in [1.82, 2.24) is 5.32 Å². The zero-order valence-electron chi connectivity index (χ0n) is 15.6. The molecule has 0 unspecified atom stereocenters. The highest BCUT2D eigenvalue weighted by Gasteiger charge is 2.21. The maximum absolute atomic E-state index is 12.2. The summed E-state index contributed by atoms with van der Waals surface area (Å²) in [5, 5.41) is 2.98. The van der Waals surface area contributed by atoms with E-state index in [2.05, 4.69) is 11.4 Å². The van der Waals surface area contributed by atoms with Crippen LogP contribution < -0.4 is 10.1 Å². The lowest BCUT2D eigenvalue weighted by molar-refractivity contribution is -0.125. The van der Waals surface area contributed by atoms with Crippen LogP contribution in [0.3, 0.4) is 0 Å². The molecule has 2 aromatic carbocycles. The zero-order valence-corrected chi connectivity index (χ0v) is 15.6. The van der Waals surface area contributed by atoms with E-state index in [4.69, 9.17) is 9.47 Å². The zero-order chi connectivity index (χ0) is 19.1. The Bertz CT molecular complexity index is 785. The standard InChI is InChI=1S/C22H25NO4/c1-2-14-26-18-12-10-17(11-13-18)22(25)27-15-21(24)23-20-9-5-7-16-6-3-4-8-19(16)20/h3-4,6,8,10-13,20H,2,5,7,9,14-15H2,1H3,(H,23,24)/t20-/m0/s1. The van der Waals surface area contributed by atoms with Gasteiger partial charge in [-0.3, -0.25) is 4.79 Å². The third kappa shape index (κ3) is 5.09. The topological polar surface area (TPSA) is 64.6 Å². The number of nitrogens with one attached hydrogen (secondary N) is 1. The fourth-order valence-electron chi connectivity index (χ4n) is 3.26. The van der Waals surface area contributed by atoms with Crippen molar-refractivity contribution in [3.05, 3.63) is 65.2 Å². The van der Waals surface area contributed by atoms with Gasteiger partial charge in [0, 0.05) is 0 Å². The van der Waals surface area contributed by atoms with E-state index in [0.29, 0.717) is 17.9 Å². The van der Waals surface area contributed by atoms with E-state index < -0.39 is 5.97 Å². The van der Waals surface area contributed by atoms with Gasteiger partial charge in [-0.05, 0) is 61.1 Å². The number of carbonyl (C=O) groups excluding carboxylic acids is 2. The Kier molecular flexibility index (Phi) is 6.47. The van der Waals surface area contributed by atoms with Gasteiger partial charge in [0.2, 0.25) is 0 Å². The predicted octanol–water partition coefficient (Wildman–Crippen LogP) is 3.83. The fourth-order valence-corrected chi connectivity index (χ4v) is 3.26. The number of aryl methyl sites for hydroxylation is 1. The molecule has 1 amide bonds. The third-order valence-corrected chi connectivity index (χ3v) is 4.60. The fraction of sp³-hybridized carbons (Fsp3) is 0.364. The minimum atomic E-state index is -0.517. The predicted molar refractivity (Wildman–Crippen MR) is 103 cm³/mol. The van der Waals surface area contributed by atoms with Crippen molar-refractivity contribution in [2.24, 2.45) is 0 Å². The molecule has 5 nitrogen and oxygen atoms in total. The molecule has 0 bridgehead atoms. The molecule has 0 fully saturated rings. The van der Waals surface area contributed by atoms with Gasteiger partial charge in [0.15, 0.2) is 6.61 Å². The monoisotopic (exact) mass is 367 g/mol. The molecular formula is C22H25NO4. The maximum atomic E-state index is 12.2. The Labute approximate surface area is 159 Å².